The van der Waals surface area contributed by atoms with E-state index in [-0.39, 0.29) is 0 Å². The van der Waals surface area contributed by atoms with Gasteiger partial charge in [0.25, 0.3) is 0 Å². The zero-order valence-corrected chi connectivity index (χ0v) is 15.0. The van der Waals surface area contributed by atoms with E-state index in [2.05, 4.69) is 15.4 Å². The van der Waals surface area contributed by atoms with Gasteiger partial charge < -0.3 is 20.1 Å². The molecule has 0 saturated heterocycles. The summed E-state index contributed by atoms with van der Waals surface area (Å²) in [5.41, 5.74) is -0.645. The lowest BCUT2D eigenvalue weighted by Crippen LogP contribution is -2.52. The highest BCUT2D eigenvalue weighted by Gasteiger charge is 2.27. The zero-order chi connectivity index (χ0) is 18.0. The van der Waals surface area contributed by atoms with Gasteiger partial charge in [-0.05, 0) is 33.6 Å². The first-order valence-electron chi connectivity index (χ1n) is 8.02. The summed E-state index contributed by atoms with van der Waals surface area (Å²) in [6, 6.07) is -1.46. The van der Waals surface area contributed by atoms with Crippen LogP contribution in [0.25, 0.3) is 0 Å². The van der Waals surface area contributed by atoms with E-state index < -0.39 is 35.7 Å². The molecule has 7 heteroatoms. The van der Waals surface area contributed by atoms with Crippen molar-refractivity contribution in [2.24, 2.45) is 0 Å². The minimum atomic E-state index is -0.751. The van der Waals surface area contributed by atoms with Crippen LogP contribution in [0, 0.1) is 0 Å². The molecule has 0 aromatic carbocycles. The molecule has 0 radical (unpaired) electrons. The predicted octanol–water partition coefficient (Wildman–Crippen LogP) is 2.14. The number of amides is 2. The average Bonchev–Trinajstić information content (AvgIpc) is 2.43. The number of ether oxygens (including phenoxy) is 2. The summed E-state index contributed by atoms with van der Waals surface area (Å²) < 4.78 is 9.85. The summed E-state index contributed by atoms with van der Waals surface area (Å²) in [4.78, 5) is 35.9. The summed E-state index contributed by atoms with van der Waals surface area (Å²) in [5, 5.41) is 5.19. The third kappa shape index (κ3) is 9.05. The highest BCUT2D eigenvalue weighted by molar-refractivity contribution is 5.89. The summed E-state index contributed by atoms with van der Waals surface area (Å²) in [6.07, 6.45) is 1.69. The van der Waals surface area contributed by atoms with Crippen LogP contribution < -0.4 is 10.6 Å². The van der Waals surface area contributed by atoms with E-state index in [1.54, 1.807) is 20.8 Å². The highest BCUT2D eigenvalue weighted by Crippen LogP contribution is 2.08. The molecule has 1 unspecified atom stereocenters. The molecule has 0 aliphatic rings. The van der Waals surface area contributed by atoms with Gasteiger partial charge in [-0.25, -0.2) is 9.59 Å². The Hall–Kier alpha value is -1.79. The van der Waals surface area contributed by atoms with Crippen LogP contribution in [-0.2, 0) is 19.1 Å². The van der Waals surface area contributed by atoms with Gasteiger partial charge in [-0.15, -0.1) is 0 Å². The molecule has 7 nitrogen and oxygen atoms in total. The lowest BCUT2D eigenvalue weighted by molar-refractivity contribution is -0.145. The van der Waals surface area contributed by atoms with Crippen LogP contribution in [0.4, 0.5) is 4.79 Å². The largest absolute Gasteiger partial charge is 0.467 e. The molecule has 0 aromatic rings. The second kappa shape index (κ2) is 10.1. The summed E-state index contributed by atoms with van der Waals surface area (Å²) in [6.45, 7) is 9.05. The minimum Gasteiger partial charge on any atom is -0.467 e. The molecule has 134 valence electrons. The second-order valence-electron chi connectivity index (χ2n) is 6.36. The molecule has 2 amide bonds. The van der Waals surface area contributed by atoms with Crippen molar-refractivity contribution < 1.29 is 23.9 Å². The second-order valence-corrected chi connectivity index (χ2v) is 6.36. The van der Waals surface area contributed by atoms with Crippen LogP contribution in [0.3, 0.4) is 0 Å². The van der Waals surface area contributed by atoms with Crippen molar-refractivity contribution in [3.05, 3.63) is 0 Å². The first-order valence-corrected chi connectivity index (χ1v) is 8.02. The SMILES string of the molecule is CCCC(NC(=O)[C@H](CCC)NC(=O)OC(C)(C)C)C(=O)OC. The molecule has 0 aromatic heterocycles. The summed E-state index contributed by atoms with van der Waals surface area (Å²) in [5.74, 6) is -0.908. The Labute approximate surface area is 138 Å². The van der Waals surface area contributed by atoms with Crippen molar-refractivity contribution >= 4 is 18.0 Å². The Morgan fingerprint density at radius 1 is 0.957 bits per heavy atom. The molecule has 2 N–H and O–H groups in total. The number of alkyl carbamates (subject to hydrolysis) is 1. The van der Waals surface area contributed by atoms with Crippen molar-refractivity contribution in [1.29, 1.82) is 0 Å². The maximum Gasteiger partial charge on any atom is 0.408 e. The molecule has 0 bridgehead atoms. The van der Waals surface area contributed by atoms with E-state index in [1.807, 2.05) is 13.8 Å². The minimum absolute atomic E-state index is 0.415. The molecule has 0 saturated carbocycles. The maximum absolute atomic E-state index is 12.4. The number of hydrogen-bond acceptors (Lipinski definition) is 5. The standard InChI is InChI=1S/C16H30N2O5/c1-7-9-11(18-15(21)23-16(3,4)5)13(19)17-12(10-8-2)14(20)22-6/h11-12H,7-10H2,1-6H3,(H,17,19)(H,18,21)/t11-,12?/m0/s1. The van der Waals surface area contributed by atoms with E-state index in [0.29, 0.717) is 19.3 Å². The van der Waals surface area contributed by atoms with E-state index in [4.69, 9.17) is 4.74 Å². The van der Waals surface area contributed by atoms with Gasteiger partial charge in [0.05, 0.1) is 7.11 Å². The van der Waals surface area contributed by atoms with Gasteiger partial charge in [0, 0.05) is 0 Å². The Morgan fingerprint density at radius 3 is 1.91 bits per heavy atom. The summed E-state index contributed by atoms with van der Waals surface area (Å²) >= 11 is 0. The quantitative estimate of drug-likeness (QED) is 0.665. The number of hydrogen-bond donors (Lipinski definition) is 2. The van der Waals surface area contributed by atoms with Gasteiger partial charge in [0.15, 0.2) is 0 Å². The fourth-order valence-corrected chi connectivity index (χ4v) is 1.96. The van der Waals surface area contributed by atoms with Gasteiger partial charge in [0.2, 0.25) is 5.91 Å². The van der Waals surface area contributed by atoms with Crippen LogP contribution in [0.15, 0.2) is 0 Å². The molecule has 0 rings (SSSR count). The number of rotatable bonds is 8. The third-order valence-corrected chi connectivity index (χ3v) is 2.96. The third-order valence-electron chi connectivity index (χ3n) is 2.96. The molecular formula is C16H30N2O5. The zero-order valence-electron chi connectivity index (χ0n) is 15.0. The van der Waals surface area contributed by atoms with E-state index in [1.165, 1.54) is 7.11 Å². The smallest absolute Gasteiger partial charge is 0.408 e. The van der Waals surface area contributed by atoms with E-state index >= 15 is 0 Å². The van der Waals surface area contributed by atoms with Crippen LogP contribution >= 0.6 is 0 Å². The Morgan fingerprint density at radius 2 is 1.48 bits per heavy atom. The van der Waals surface area contributed by atoms with Gasteiger partial charge >= 0.3 is 12.1 Å². The van der Waals surface area contributed by atoms with Crippen molar-refractivity contribution in [3.8, 4) is 0 Å². The molecule has 0 aliphatic carbocycles. The first kappa shape index (κ1) is 21.2. The summed E-state index contributed by atoms with van der Waals surface area (Å²) in [7, 11) is 1.28. The fraction of sp³-hybridized carbons (Fsp3) is 0.812. The van der Waals surface area contributed by atoms with Crippen LogP contribution in [0.1, 0.15) is 60.3 Å². The van der Waals surface area contributed by atoms with Crippen molar-refractivity contribution in [2.75, 3.05) is 7.11 Å². The molecular weight excluding hydrogens is 300 g/mol. The molecule has 0 spiro atoms. The molecule has 0 heterocycles. The number of esters is 1. The van der Waals surface area contributed by atoms with E-state index in [0.717, 1.165) is 6.42 Å². The average molecular weight is 330 g/mol. The lowest BCUT2D eigenvalue weighted by Gasteiger charge is -2.24. The number of nitrogens with one attached hydrogen (secondary N) is 2. The van der Waals surface area contributed by atoms with Crippen LogP contribution in [-0.4, -0.2) is 42.8 Å². The Balaban J connectivity index is 4.83. The van der Waals surface area contributed by atoms with E-state index in [9.17, 15) is 14.4 Å². The van der Waals surface area contributed by atoms with Crippen LogP contribution in [0.2, 0.25) is 0 Å². The van der Waals surface area contributed by atoms with Crippen molar-refractivity contribution in [1.82, 2.24) is 10.6 Å². The topological polar surface area (TPSA) is 93.7 Å². The molecule has 0 aliphatic heterocycles. The predicted molar refractivity (Wildman–Crippen MR) is 86.9 cm³/mol. The Bertz CT molecular complexity index is 404. The number of carbonyl (C=O) groups excluding carboxylic acids is 3. The molecule has 2 atom stereocenters. The van der Waals surface area contributed by atoms with Crippen molar-refractivity contribution in [3.63, 3.8) is 0 Å². The number of methoxy groups -OCH3 is 1. The van der Waals surface area contributed by atoms with Gasteiger partial charge in [0.1, 0.15) is 17.7 Å². The number of carbonyl (C=O) groups is 3. The highest BCUT2D eigenvalue weighted by atomic mass is 16.6. The van der Waals surface area contributed by atoms with Crippen molar-refractivity contribution in [2.45, 2.75) is 78.0 Å². The van der Waals surface area contributed by atoms with Gasteiger partial charge in [-0.1, -0.05) is 26.7 Å². The fourth-order valence-electron chi connectivity index (χ4n) is 1.96. The Kier molecular flexibility index (Phi) is 9.29. The normalized spacial score (nSPS) is 13.7. The lowest BCUT2D eigenvalue weighted by atomic mass is 10.1. The van der Waals surface area contributed by atoms with Gasteiger partial charge in [-0.2, -0.15) is 0 Å². The first-order chi connectivity index (χ1) is 10.6. The monoisotopic (exact) mass is 330 g/mol. The molecule has 23 heavy (non-hydrogen) atoms. The maximum atomic E-state index is 12.4. The molecule has 0 fully saturated rings. The van der Waals surface area contributed by atoms with Crippen LogP contribution in [0.5, 0.6) is 0 Å². The van der Waals surface area contributed by atoms with Gasteiger partial charge in [-0.3, -0.25) is 4.79 Å².